The average Bonchev–Trinajstić information content (AvgIpc) is 2.47. The Kier molecular flexibility index (Phi) is 5.06. The van der Waals surface area contributed by atoms with Gasteiger partial charge in [0.15, 0.2) is 6.61 Å². The van der Waals surface area contributed by atoms with Crippen molar-refractivity contribution < 1.29 is 9.53 Å². The fraction of sp³-hybridized carbons (Fsp3) is 0.188. The second-order valence-corrected chi connectivity index (χ2v) is 5.08. The number of benzene rings is 2. The normalized spacial score (nSPS) is 11.7. The molecule has 2 aromatic rings. The van der Waals surface area contributed by atoms with E-state index in [2.05, 4.69) is 5.32 Å². The van der Waals surface area contributed by atoms with E-state index < -0.39 is 0 Å². The molecule has 4 nitrogen and oxygen atoms in total. The van der Waals surface area contributed by atoms with Crippen molar-refractivity contribution in [2.45, 2.75) is 13.0 Å². The molecule has 0 radical (unpaired) electrons. The van der Waals surface area contributed by atoms with Gasteiger partial charge in [-0.05, 0) is 42.8 Å². The first-order chi connectivity index (χ1) is 10.1. The van der Waals surface area contributed by atoms with Crippen molar-refractivity contribution >= 4 is 23.2 Å². The summed E-state index contributed by atoms with van der Waals surface area (Å²) in [4.78, 5) is 11.9. The van der Waals surface area contributed by atoms with Gasteiger partial charge in [-0.1, -0.05) is 29.8 Å². The van der Waals surface area contributed by atoms with Gasteiger partial charge in [-0.15, -0.1) is 0 Å². The largest absolute Gasteiger partial charge is 0.484 e. The van der Waals surface area contributed by atoms with E-state index in [9.17, 15) is 4.79 Å². The van der Waals surface area contributed by atoms with Crippen LogP contribution in [0.4, 0.5) is 5.69 Å². The van der Waals surface area contributed by atoms with E-state index in [1.54, 1.807) is 30.3 Å². The summed E-state index contributed by atoms with van der Waals surface area (Å²) in [6.07, 6.45) is 0. The Balaban J connectivity index is 1.87. The molecule has 3 N–H and O–H groups in total. The highest BCUT2D eigenvalue weighted by molar-refractivity contribution is 6.31. The molecule has 1 amide bonds. The van der Waals surface area contributed by atoms with Gasteiger partial charge in [0.25, 0.3) is 5.91 Å². The number of halogens is 1. The Bertz CT molecular complexity index is 614. The number of hydrogen-bond donors (Lipinski definition) is 2. The molecule has 110 valence electrons. The van der Waals surface area contributed by atoms with Crippen LogP contribution in [0.2, 0.25) is 5.02 Å². The van der Waals surface area contributed by atoms with Crippen molar-refractivity contribution in [2.75, 3.05) is 12.3 Å². The number of hydrogen-bond acceptors (Lipinski definition) is 3. The molecule has 0 saturated heterocycles. The fourth-order valence-electron chi connectivity index (χ4n) is 1.90. The average molecular weight is 305 g/mol. The van der Waals surface area contributed by atoms with Crippen LogP contribution < -0.4 is 15.8 Å². The lowest BCUT2D eigenvalue weighted by atomic mass is 10.1. The topological polar surface area (TPSA) is 64.3 Å². The Hall–Kier alpha value is -2.20. The number of nitrogens with one attached hydrogen (secondary N) is 1. The maximum Gasteiger partial charge on any atom is 0.258 e. The monoisotopic (exact) mass is 304 g/mol. The summed E-state index contributed by atoms with van der Waals surface area (Å²) in [6, 6.07) is 14.1. The predicted octanol–water partition coefficient (Wildman–Crippen LogP) is 3.18. The molecule has 0 fully saturated rings. The van der Waals surface area contributed by atoms with Gasteiger partial charge in [-0.25, -0.2) is 0 Å². The summed E-state index contributed by atoms with van der Waals surface area (Å²) in [5, 5.41) is 3.47. The van der Waals surface area contributed by atoms with Crippen molar-refractivity contribution in [2.24, 2.45) is 0 Å². The Labute approximate surface area is 128 Å². The Morgan fingerprint density at radius 1 is 1.24 bits per heavy atom. The molecule has 5 heteroatoms. The van der Waals surface area contributed by atoms with Crippen molar-refractivity contribution in [3.63, 3.8) is 0 Å². The second kappa shape index (κ2) is 6.99. The number of carbonyl (C=O) groups excluding carboxylic acids is 1. The summed E-state index contributed by atoms with van der Waals surface area (Å²) in [6.45, 7) is 1.82. The molecule has 1 atom stereocenters. The zero-order valence-corrected chi connectivity index (χ0v) is 12.4. The minimum absolute atomic E-state index is 0.0568. The number of nitrogen functional groups attached to an aromatic ring is 1. The molecule has 0 saturated carbocycles. The first-order valence-electron chi connectivity index (χ1n) is 6.58. The summed E-state index contributed by atoms with van der Waals surface area (Å²) < 4.78 is 5.39. The predicted molar refractivity (Wildman–Crippen MR) is 84.4 cm³/mol. The lowest BCUT2D eigenvalue weighted by Gasteiger charge is -2.16. The van der Waals surface area contributed by atoms with Crippen LogP contribution in [-0.2, 0) is 4.79 Å². The van der Waals surface area contributed by atoms with Gasteiger partial charge in [-0.2, -0.15) is 0 Å². The SMILES string of the molecule is CC(NC(=O)COc1ccc(N)cc1)c1ccccc1Cl. The van der Waals surface area contributed by atoms with Gasteiger partial charge < -0.3 is 15.8 Å². The molecule has 21 heavy (non-hydrogen) atoms. The highest BCUT2D eigenvalue weighted by Gasteiger charge is 2.12. The smallest absolute Gasteiger partial charge is 0.258 e. The van der Waals surface area contributed by atoms with Crippen molar-refractivity contribution in [3.05, 3.63) is 59.1 Å². The van der Waals surface area contributed by atoms with Gasteiger partial charge in [-0.3, -0.25) is 4.79 Å². The van der Waals surface area contributed by atoms with Crippen molar-refractivity contribution in [1.82, 2.24) is 5.32 Å². The van der Waals surface area contributed by atoms with E-state index in [1.165, 1.54) is 0 Å². The summed E-state index contributed by atoms with van der Waals surface area (Å²) in [5.74, 6) is 0.393. The van der Waals surface area contributed by atoms with Crippen molar-refractivity contribution in [1.29, 1.82) is 0 Å². The van der Waals surface area contributed by atoms with Crippen LogP contribution in [0.15, 0.2) is 48.5 Å². The van der Waals surface area contributed by atoms with Gasteiger partial charge in [0.2, 0.25) is 0 Å². The molecule has 0 aliphatic carbocycles. The van der Waals surface area contributed by atoms with E-state index in [4.69, 9.17) is 22.1 Å². The second-order valence-electron chi connectivity index (χ2n) is 4.67. The van der Waals surface area contributed by atoms with E-state index in [1.807, 2.05) is 25.1 Å². The molecule has 0 aliphatic rings. The molecule has 0 aliphatic heterocycles. The molecular weight excluding hydrogens is 288 g/mol. The van der Waals surface area contributed by atoms with Crippen LogP contribution in [0, 0.1) is 0 Å². The maximum atomic E-state index is 11.9. The van der Waals surface area contributed by atoms with E-state index in [-0.39, 0.29) is 18.6 Å². The fourth-order valence-corrected chi connectivity index (χ4v) is 2.20. The minimum Gasteiger partial charge on any atom is -0.484 e. The first-order valence-corrected chi connectivity index (χ1v) is 6.96. The van der Waals surface area contributed by atoms with E-state index >= 15 is 0 Å². The molecule has 2 rings (SSSR count). The standard InChI is InChI=1S/C16H17ClN2O2/c1-11(14-4-2-3-5-15(14)17)19-16(20)10-21-13-8-6-12(18)7-9-13/h2-9,11H,10,18H2,1H3,(H,19,20). The number of nitrogens with two attached hydrogens (primary N) is 1. The van der Waals surface area contributed by atoms with Crippen LogP contribution in [0.5, 0.6) is 5.75 Å². The molecule has 0 bridgehead atoms. The minimum atomic E-state index is -0.209. The van der Waals surface area contributed by atoms with Gasteiger partial charge in [0.1, 0.15) is 5.75 Å². The number of carbonyl (C=O) groups is 1. The molecule has 2 aromatic carbocycles. The number of anilines is 1. The highest BCUT2D eigenvalue weighted by Crippen LogP contribution is 2.22. The van der Waals surface area contributed by atoms with Gasteiger partial charge in [0, 0.05) is 10.7 Å². The third-order valence-corrected chi connectivity index (χ3v) is 3.34. The zero-order valence-electron chi connectivity index (χ0n) is 11.7. The third-order valence-electron chi connectivity index (χ3n) is 3.00. The number of amides is 1. The number of ether oxygens (including phenoxy) is 1. The molecular formula is C16H17ClN2O2. The molecule has 0 aromatic heterocycles. The summed E-state index contributed by atoms with van der Waals surface area (Å²) >= 11 is 6.10. The van der Waals surface area contributed by atoms with Crippen LogP contribution >= 0.6 is 11.6 Å². The highest BCUT2D eigenvalue weighted by atomic mass is 35.5. The van der Waals surface area contributed by atoms with E-state index in [0.29, 0.717) is 16.5 Å². The zero-order chi connectivity index (χ0) is 15.2. The van der Waals surface area contributed by atoms with Crippen LogP contribution in [0.25, 0.3) is 0 Å². The van der Waals surface area contributed by atoms with Crippen LogP contribution in [0.3, 0.4) is 0 Å². The molecule has 0 heterocycles. The van der Waals surface area contributed by atoms with Gasteiger partial charge >= 0.3 is 0 Å². The summed E-state index contributed by atoms with van der Waals surface area (Å²) in [5.41, 5.74) is 7.11. The lowest BCUT2D eigenvalue weighted by Crippen LogP contribution is -2.31. The van der Waals surface area contributed by atoms with Crippen molar-refractivity contribution in [3.8, 4) is 5.75 Å². The van der Waals surface area contributed by atoms with Gasteiger partial charge in [0.05, 0.1) is 6.04 Å². The lowest BCUT2D eigenvalue weighted by molar-refractivity contribution is -0.123. The Morgan fingerprint density at radius 3 is 2.57 bits per heavy atom. The quantitative estimate of drug-likeness (QED) is 0.834. The maximum absolute atomic E-state index is 11.9. The summed E-state index contributed by atoms with van der Waals surface area (Å²) in [7, 11) is 0. The first kappa shape index (κ1) is 15.2. The molecule has 0 spiro atoms. The van der Waals surface area contributed by atoms with E-state index in [0.717, 1.165) is 5.56 Å². The van der Waals surface area contributed by atoms with Crippen LogP contribution in [-0.4, -0.2) is 12.5 Å². The molecule has 1 unspecified atom stereocenters. The number of rotatable bonds is 5. The third kappa shape index (κ3) is 4.39. The Morgan fingerprint density at radius 2 is 1.90 bits per heavy atom. The van der Waals surface area contributed by atoms with Crippen LogP contribution in [0.1, 0.15) is 18.5 Å².